The number of hydrogen-bond donors (Lipinski definition) is 0. The van der Waals surface area contributed by atoms with Crippen molar-refractivity contribution in [1.82, 2.24) is 14.5 Å². The number of aromatic nitrogens is 3. The highest BCUT2D eigenvalue weighted by atomic mass is 16.2. The predicted octanol–water partition coefficient (Wildman–Crippen LogP) is 1.81. The molecule has 0 aromatic carbocycles. The van der Waals surface area contributed by atoms with Gasteiger partial charge in [0.2, 0.25) is 5.91 Å². The zero-order chi connectivity index (χ0) is 10.7. The van der Waals surface area contributed by atoms with Crippen molar-refractivity contribution in [3.05, 3.63) is 44.0 Å². The van der Waals surface area contributed by atoms with Crippen LogP contribution in [0.25, 0.3) is 11.3 Å². The van der Waals surface area contributed by atoms with Crippen LogP contribution >= 0.6 is 0 Å². The van der Waals surface area contributed by atoms with Gasteiger partial charge in [0.1, 0.15) is 6.33 Å². The van der Waals surface area contributed by atoms with Gasteiger partial charge in [0.15, 0.2) is 0 Å². The van der Waals surface area contributed by atoms with Gasteiger partial charge in [-0.05, 0) is 19.1 Å². The number of hydrogen-bond acceptors (Lipinski definition) is 3. The Bertz CT molecular complexity index is 462. The summed E-state index contributed by atoms with van der Waals surface area (Å²) in [6.07, 6.45) is 6.81. The second-order valence-electron chi connectivity index (χ2n) is 3.05. The first-order chi connectivity index (χ1) is 7.31. The second-order valence-corrected chi connectivity index (χ2v) is 3.05. The number of rotatable bonds is 2. The molecule has 0 aliphatic heterocycles. The first-order valence-corrected chi connectivity index (χ1v) is 4.58. The summed E-state index contributed by atoms with van der Waals surface area (Å²) in [4.78, 5) is 19.4. The smallest absolute Gasteiger partial charge is 0.231 e. The highest BCUT2D eigenvalue weighted by molar-refractivity contribution is 5.80. The molecule has 0 atom stereocenters. The molecule has 15 heavy (non-hydrogen) atoms. The number of pyridine rings is 1. The van der Waals surface area contributed by atoms with Gasteiger partial charge in [-0.3, -0.25) is 14.3 Å². The molecule has 0 fully saturated rings. The summed E-state index contributed by atoms with van der Waals surface area (Å²) in [5, 5.41) is 0. The fourth-order valence-corrected chi connectivity index (χ4v) is 1.25. The lowest BCUT2D eigenvalue weighted by molar-refractivity contribution is 0.0916. The minimum Gasteiger partial charge on any atom is -0.276 e. The van der Waals surface area contributed by atoms with Crippen molar-refractivity contribution in [2.24, 2.45) is 0 Å². The average Bonchev–Trinajstić information content (AvgIpc) is 2.78. The van der Waals surface area contributed by atoms with Crippen LogP contribution in [0.4, 0.5) is 0 Å². The molecule has 0 aliphatic rings. The van der Waals surface area contributed by atoms with E-state index in [1.807, 2.05) is 12.1 Å². The molecule has 1 radical (unpaired) electrons. The molecule has 2 aromatic rings. The standard InChI is InChI=1S/C11H10N3O/c1-2-11(15)14-7-10(13-8-14)9-4-3-5-12-6-9/h3-8H,1-2H2. The molecule has 4 heteroatoms. The summed E-state index contributed by atoms with van der Waals surface area (Å²) in [6.45, 7) is 3.53. The van der Waals surface area contributed by atoms with Crippen LogP contribution in [0.3, 0.4) is 0 Å². The molecule has 2 heterocycles. The Morgan fingerprint density at radius 1 is 1.53 bits per heavy atom. The zero-order valence-corrected chi connectivity index (χ0v) is 8.13. The second kappa shape index (κ2) is 4.04. The first-order valence-electron chi connectivity index (χ1n) is 4.58. The molecule has 0 spiro atoms. The molecule has 0 aliphatic carbocycles. The fraction of sp³-hybridized carbons (Fsp3) is 0.0909. The first kappa shape index (κ1) is 9.58. The summed E-state index contributed by atoms with van der Waals surface area (Å²) in [7, 11) is 0. The average molecular weight is 200 g/mol. The molecule has 75 valence electrons. The monoisotopic (exact) mass is 200 g/mol. The third kappa shape index (κ3) is 1.93. The topological polar surface area (TPSA) is 47.8 Å². The van der Waals surface area contributed by atoms with Gasteiger partial charge in [0, 0.05) is 30.6 Å². The van der Waals surface area contributed by atoms with E-state index in [0.717, 1.165) is 11.3 Å². The quantitative estimate of drug-likeness (QED) is 0.742. The van der Waals surface area contributed by atoms with Crippen LogP contribution < -0.4 is 0 Å². The Morgan fingerprint density at radius 3 is 3.07 bits per heavy atom. The van der Waals surface area contributed by atoms with Crippen LogP contribution in [0, 0.1) is 6.92 Å². The Morgan fingerprint density at radius 2 is 2.40 bits per heavy atom. The predicted molar refractivity (Wildman–Crippen MR) is 56.1 cm³/mol. The van der Waals surface area contributed by atoms with Crippen LogP contribution in [0.15, 0.2) is 37.1 Å². The number of imidazole rings is 1. The van der Waals surface area contributed by atoms with Gasteiger partial charge in [-0.25, -0.2) is 4.98 Å². The van der Waals surface area contributed by atoms with E-state index in [1.54, 1.807) is 18.6 Å². The number of carbonyl (C=O) groups is 1. The van der Waals surface area contributed by atoms with Crippen LogP contribution in [-0.4, -0.2) is 20.4 Å². The largest absolute Gasteiger partial charge is 0.276 e. The lowest BCUT2D eigenvalue weighted by atomic mass is 10.2. The van der Waals surface area contributed by atoms with E-state index in [-0.39, 0.29) is 12.3 Å². The van der Waals surface area contributed by atoms with E-state index in [9.17, 15) is 4.79 Å². The van der Waals surface area contributed by atoms with Gasteiger partial charge >= 0.3 is 0 Å². The molecular weight excluding hydrogens is 190 g/mol. The SMILES string of the molecule is [CH2]CC(=O)n1cnc(-c2cccnc2)c1. The molecule has 2 rings (SSSR count). The highest BCUT2D eigenvalue weighted by Crippen LogP contribution is 2.14. The molecule has 0 amide bonds. The van der Waals surface area contributed by atoms with Gasteiger partial charge in [0.05, 0.1) is 5.69 Å². The van der Waals surface area contributed by atoms with Crippen LogP contribution in [0.1, 0.15) is 11.2 Å². The van der Waals surface area contributed by atoms with E-state index >= 15 is 0 Å². The molecular formula is C11H10N3O. The molecule has 0 unspecified atom stereocenters. The summed E-state index contributed by atoms with van der Waals surface area (Å²) in [5.74, 6) is -0.0716. The molecule has 0 saturated heterocycles. The maximum absolute atomic E-state index is 11.3. The zero-order valence-electron chi connectivity index (χ0n) is 8.13. The normalized spacial score (nSPS) is 10.2. The summed E-state index contributed by atoms with van der Waals surface area (Å²) in [6, 6.07) is 3.73. The fourth-order valence-electron chi connectivity index (χ4n) is 1.25. The Hall–Kier alpha value is -1.97. The van der Waals surface area contributed by atoms with Crippen molar-refractivity contribution < 1.29 is 4.79 Å². The number of carbonyl (C=O) groups excluding carboxylic acids is 1. The van der Waals surface area contributed by atoms with Crippen molar-refractivity contribution >= 4 is 5.91 Å². The molecule has 0 bridgehead atoms. The lowest BCUT2D eigenvalue weighted by Gasteiger charge is -1.95. The van der Waals surface area contributed by atoms with Gasteiger partial charge < -0.3 is 0 Å². The van der Waals surface area contributed by atoms with Gasteiger partial charge in [-0.2, -0.15) is 0 Å². The maximum Gasteiger partial charge on any atom is 0.231 e. The minimum atomic E-state index is -0.0716. The molecule has 0 N–H and O–H groups in total. The van der Waals surface area contributed by atoms with E-state index < -0.39 is 0 Å². The van der Waals surface area contributed by atoms with Crippen LogP contribution in [0.2, 0.25) is 0 Å². The van der Waals surface area contributed by atoms with Gasteiger partial charge in [-0.15, -0.1) is 0 Å². The Labute approximate surface area is 87.6 Å². The van der Waals surface area contributed by atoms with E-state index in [2.05, 4.69) is 16.9 Å². The number of nitrogens with zero attached hydrogens (tertiary/aromatic N) is 3. The van der Waals surface area contributed by atoms with Crippen LogP contribution in [-0.2, 0) is 0 Å². The molecule has 2 aromatic heterocycles. The van der Waals surface area contributed by atoms with Crippen molar-refractivity contribution in [2.45, 2.75) is 6.42 Å². The third-order valence-electron chi connectivity index (χ3n) is 2.04. The van der Waals surface area contributed by atoms with Crippen molar-refractivity contribution in [3.8, 4) is 11.3 Å². The van der Waals surface area contributed by atoms with E-state index in [4.69, 9.17) is 0 Å². The molecule has 0 saturated carbocycles. The summed E-state index contributed by atoms with van der Waals surface area (Å²) < 4.78 is 1.44. The summed E-state index contributed by atoms with van der Waals surface area (Å²) in [5.41, 5.74) is 1.64. The molecule has 4 nitrogen and oxygen atoms in total. The minimum absolute atomic E-state index is 0.0716. The Balaban J connectivity index is 2.32. The van der Waals surface area contributed by atoms with E-state index in [0.29, 0.717) is 0 Å². The van der Waals surface area contributed by atoms with Crippen molar-refractivity contribution in [3.63, 3.8) is 0 Å². The Kier molecular flexibility index (Phi) is 2.58. The van der Waals surface area contributed by atoms with E-state index in [1.165, 1.54) is 10.9 Å². The van der Waals surface area contributed by atoms with Gasteiger partial charge in [0.25, 0.3) is 0 Å². The summed E-state index contributed by atoms with van der Waals surface area (Å²) >= 11 is 0. The van der Waals surface area contributed by atoms with Crippen molar-refractivity contribution in [2.75, 3.05) is 0 Å². The van der Waals surface area contributed by atoms with Gasteiger partial charge in [-0.1, -0.05) is 0 Å². The lowest BCUT2D eigenvalue weighted by Crippen LogP contribution is -2.05. The van der Waals surface area contributed by atoms with Crippen LogP contribution in [0.5, 0.6) is 0 Å². The maximum atomic E-state index is 11.3. The highest BCUT2D eigenvalue weighted by Gasteiger charge is 2.05. The van der Waals surface area contributed by atoms with Crippen molar-refractivity contribution in [1.29, 1.82) is 0 Å². The third-order valence-corrected chi connectivity index (χ3v) is 2.04.